The van der Waals surface area contributed by atoms with Crippen LogP contribution in [-0.4, -0.2) is 29.3 Å². The van der Waals surface area contributed by atoms with Crippen molar-refractivity contribution >= 4 is 11.8 Å². The monoisotopic (exact) mass is 382 g/mol. The number of nitrogens with one attached hydrogen (secondary N) is 1. The quantitative estimate of drug-likeness (QED) is 0.556. The molecule has 1 atom stereocenters. The molecule has 0 aliphatic heterocycles. The highest BCUT2D eigenvalue weighted by molar-refractivity contribution is 5.73. The lowest BCUT2D eigenvalue weighted by Gasteiger charge is -2.35. The molecule has 0 saturated carbocycles. The van der Waals surface area contributed by atoms with Gasteiger partial charge in [0.2, 0.25) is 5.89 Å². The van der Waals surface area contributed by atoms with Crippen LogP contribution in [0.3, 0.4) is 0 Å². The lowest BCUT2D eigenvalue weighted by Crippen LogP contribution is -2.30. The minimum Gasteiger partial charge on any atom is -0.443 e. The average Bonchev–Trinajstić information content (AvgIpc) is 3.43. The van der Waals surface area contributed by atoms with Crippen LogP contribution in [0.2, 0.25) is 0 Å². The summed E-state index contributed by atoms with van der Waals surface area (Å²) in [6.45, 7) is 0. The van der Waals surface area contributed by atoms with Crippen molar-refractivity contribution in [2.24, 2.45) is 0 Å². The molecule has 2 aromatic heterocycles. The topological polar surface area (TPSA) is 58.0 Å². The lowest BCUT2D eigenvalue weighted by atomic mass is 9.68. The summed E-state index contributed by atoms with van der Waals surface area (Å²) in [7, 11) is 4.14. The first-order chi connectivity index (χ1) is 14.2. The standard InChI is InChI=1S/C24H22N4O/c1-28(2)19-10-6-9-18(15-19)24(17-7-4-3-5-8-17)12-11-20-21(16-24)26-27-22(20)23-25-13-14-29-23/h3-15H,16H2,1-2H3,(H,26,27). The molecule has 5 heteroatoms. The summed E-state index contributed by atoms with van der Waals surface area (Å²) in [4.78, 5) is 6.40. The van der Waals surface area contributed by atoms with E-state index in [0.717, 1.165) is 23.4 Å². The maximum absolute atomic E-state index is 5.47. The Morgan fingerprint density at radius 3 is 2.62 bits per heavy atom. The first kappa shape index (κ1) is 17.5. The molecule has 2 aromatic carbocycles. The number of aromatic nitrogens is 3. The Kier molecular flexibility index (Phi) is 4.09. The van der Waals surface area contributed by atoms with E-state index in [1.54, 1.807) is 12.5 Å². The first-order valence-corrected chi connectivity index (χ1v) is 9.67. The molecule has 5 nitrogen and oxygen atoms in total. The van der Waals surface area contributed by atoms with Crippen molar-refractivity contribution in [3.8, 4) is 11.6 Å². The van der Waals surface area contributed by atoms with Gasteiger partial charge in [0.1, 0.15) is 6.26 Å². The van der Waals surface area contributed by atoms with Crippen LogP contribution >= 0.6 is 0 Å². The number of hydrogen-bond acceptors (Lipinski definition) is 4. The van der Waals surface area contributed by atoms with E-state index in [1.165, 1.54) is 16.8 Å². The number of aromatic amines is 1. The van der Waals surface area contributed by atoms with Gasteiger partial charge in [-0.1, -0.05) is 54.6 Å². The number of anilines is 1. The van der Waals surface area contributed by atoms with E-state index in [4.69, 9.17) is 4.42 Å². The number of H-pyrrole nitrogens is 1. The van der Waals surface area contributed by atoms with Crippen LogP contribution in [0.1, 0.15) is 22.4 Å². The van der Waals surface area contributed by atoms with Gasteiger partial charge < -0.3 is 9.32 Å². The van der Waals surface area contributed by atoms with Crippen molar-refractivity contribution in [2.75, 3.05) is 19.0 Å². The van der Waals surface area contributed by atoms with Crippen LogP contribution in [0.15, 0.2) is 77.6 Å². The Morgan fingerprint density at radius 1 is 1.03 bits per heavy atom. The summed E-state index contributed by atoms with van der Waals surface area (Å²) in [6.07, 6.45) is 8.44. The lowest BCUT2D eigenvalue weighted by molar-refractivity contribution is 0.571. The van der Waals surface area contributed by atoms with Crippen molar-refractivity contribution in [1.29, 1.82) is 0 Å². The van der Waals surface area contributed by atoms with Crippen molar-refractivity contribution in [3.05, 3.63) is 95.5 Å². The summed E-state index contributed by atoms with van der Waals surface area (Å²) in [5.74, 6) is 0.536. The summed E-state index contributed by atoms with van der Waals surface area (Å²) in [6, 6.07) is 19.4. The van der Waals surface area contributed by atoms with Gasteiger partial charge in [-0.15, -0.1) is 0 Å². The minimum absolute atomic E-state index is 0.277. The molecule has 1 unspecified atom stereocenters. The molecule has 0 amide bonds. The molecule has 0 radical (unpaired) electrons. The van der Waals surface area contributed by atoms with Crippen molar-refractivity contribution in [3.63, 3.8) is 0 Å². The van der Waals surface area contributed by atoms with Gasteiger partial charge in [0.25, 0.3) is 0 Å². The van der Waals surface area contributed by atoms with E-state index in [2.05, 4.69) is 101 Å². The zero-order chi connectivity index (χ0) is 19.8. The zero-order valence-corrected chi connectivity index (χ0v) is 16.5. The maximum Gasteiger partial charge on any atom is 0.247 e. The third kappa shape index (κ3) is 2.86. The molecule has 5 rings (SSSR count). The van der Waals surface area contributed by atoms with Crippen LogP contribution in [0, 0.1) is 0 Å². The van der Waals surface area contributed by atoms with Gasteiger partial charge >= 0.3 is 0 Å². The molecule has 0 bridgehead atoms. The van der Waals surface area contributed by atoms with Crippen LogP contribution in [-0.2, 0) is 11.8 Å². The molecule has 0 fully saturated rings. The van der Waals surface area contributed by atoms with E-state index in [0.29, 0.717) is 5.89 Å². The maximum atomic E-state index is 5.47. The Labute approximate surface area is 169 Å². The highest BCUT2D eigenvalue weighted by Gasteiger charge is 2.37. The predicted molar refractivity (Wildman–Crippen MR) is 115 cm³/mol. The molecule has 0 spiro atoms. The molecular formula is C24H22N4O. The van der Waals surface area contributed by atoms with Gasteiger partial charge in [0, 0.05) is 42.9 Å². The second-order valence-corrected chi connectivity index (χ2v) is 7.59. The summed E-state index contributed by atoms with van der Waals surface area (Å²) >= 11 is 0. The number of fused-ring (bicyclic) bond motifs is 1. The zero-order valence-electron chi connectivity index (χ0n) is 16.5. The molecule has 144 valence electrons. The number of benzene rings is 2. The number of oxazole rings is 1. The summed E-state index contributed by atoms with van der Waals surface area (Å²) < 4.78 is 5.47. The van der Waals surface area contributed by atoms with Crippen LogP contribution in [0.5, 0.6) is 0 Å². The second-order valence-electron chi connectivity index (χ2n) is 7.59. The third-order valence-corrected chi connectivity index (χ3v) is 5.67. The Hall–Kier alpha value is -3.60. The Balaban J connectivity index is 1.67. The molecular weight excluding hydrogens is 360 g/mol. The van der Waals surface area contributed by atoms with Gasteiger partial charge in [0.15, 0.2) is 5.69 Å². The molecule has 1 aliphatic carbocycles. The van der Waals surface area contributed by atoms with E-state index < -0.39 is 0 Å². The predicted octanol–water partition coefficient (Wildman–Crippen LogP) is 4.69. The molecule has 2 heterocycles. The van der Waals surface area contributed by atoms with Gasteiger partial charge in [0.05, 0.1) is 6.20 Å². The van der Waals surface area contributed by atoms with E-state index in [9.17, 15) is 0 Å². The third-order valence-electron chi connectivity index (χ3n) is 5.67. The van der Waals surface area contributed by atoms with Crippen molar-refractivity contribution in [2.45, 2.75) is 11.8 Å². The van der Waals surface area contributed by atoms with Gasteiger partial charge in [-0.25, -0.2) is 4.98 Å². The minimum atomic E-state index is -0.277. The fourth-order valence-electron chi connectivity index (χ4n) is 4.13. The average molecular weight is 382 g/mol. The molecule has 1 aliphatic rings. The van der Waals surface area contributed by atoms with Gasteiger partial charge in [-0.2, -0.15) is 5.10 Å². The highest BCUT2D eigenvalue weighted by Crippen LogP contribution is 2.43. The summed E-state index contributed by atoms with van der Waals surface area (Å²) in [5, 5.41) is 7.73. The fourth-order valence-corrected chi connectivity index (χ4v) is 4.13. The first-order valence-electron chi connectivity index (χ1n) is 9.67. The fraction of sp³-hybridized carbons (Fsp3) is 0.167. The van der Waals surface area contributed by atoms with Crippen LogP contribution < -0.4 is 4.90 Å². The highest BCUT2D eigenvalue weighted by atomic mass is 16.3. The number of rotatable bonds is 4. The second kappa shape index (κ2) is 6.78. The van der Waals surface area contributed by atoms with Crippen LogP contribution in [0.4, 0.5) is 5.69 Å². The van der Waals surface area contributed by atoms with E-state index in [-0.39, 0.29) is 5.41 Å². The molecule has 29 heavy (non-hydrogen) atoms. The number of nitrogens with zero attached hydrogens (tertiary/aromatic N) is 3. The van der Waals surface area contributed by atoms with Crippen molar-refractivity contribution < 1.29 is 4.42 Å². The van der Waals surface area contributed by atoms with Crippen molar-refractivity contribution in [1.82, 2.24) is 15.2 Å². The normalized spacial score (nSPS) is 17.9. The number of allylic oxidation sites excluding steroid dienone is 1. The molecule has 0 saturated heterocycles. The molecule has 1 N–H and O–H groups in total. The largest absolute Gasteiger partial charge is 0.443 e. The van der Waals surface area contributed by atoms with Gasteiger partial charge in [-0.05, 0) is 23.3 Å². The Morgan fingerprint density at radius 2 is 1.86 bits per heavy atom. The summed E-state index contributed by atoms with van der Waals surface area (Å²) in [5.41, 5.74) is 6.30. The van der Waals surface area contributed by atoms with Gasteiger partial charge in [-0.3, -0.25) is 5.10 Å². The van der Waals surface area contributed by atoms with Crippen LogP contribution in [0.25, 0.3) is 17.7 Å². The smallest absolute Gasteiger partial charge is 0.247 e. The number of hydrogen-bond donors (Lipinski definition) is 1. The SMILES string of the molecule is CN(C)c1cccc(C2(c3ccccc3)C=Cc3c(-c4ncco4)n[nH]c3C2)c1. The molecule has 4 aromatic rings. The van der Waals surface area contributed by atoms with E-state index in [1.807, 2.05) is 0 Å². The van der Waals surface area contributed by atoms with E-state index >= 15 is 0 Å². The Bertz CT molecular complexity index is 1160.